The van der Waals surface area contributed by atoms with Crippen LogP contribution in [0.2, 0.25) is 0 Å². The monoisotopic (exact) mass is 371 g/mol. The molecule has 0 spiro atoms. The molecule has 6 nitrogen and oxygen atoms in total. The molecule has 5 rings (SSSR count). The molecule has 0 atom stereocenters. The third-order valence-electron chi connectivity index (χ3n) is 5.43. The summed E-state index contributed by atoms with van der Waals surface area (Å²) in [6.45, 7) is 0. The van der Waals surface area contributed by atoms with Crippen molar-refractivity contribution >= 4 is 33.9 Å². The van der Waals surface area contributed by atoms with Gasteiger partial charge in [-0.05, 0) is 37.1 Å². The number of amides is 1. The standard InChI is InChI=1S/C22H21N5O/c23-20-18(22(28)24-14-8-4-5-9-14)19-21(27(20)15-10-2-1-3-11-15)26-17-13-7-6-12-16(17)25-19/h1-3,6-7,10-14H,4-5,8-9,23H2,(H,24,28). The lowest BCUT2D eigenvalue weighted by Gasteiger charge is -2.12. The fraction of sp³-hybridized carbons (Fsp3) is 0.227. The number of fused-ring (bicyclic) bond motifs is 2. The second kappa shape index (κ2) is 6.64. The van der Waals surface area contributed by atoms with Crippen LogP contribution in [0.5, 0.6) is 0 Å². The zero-order valence-corrected chi connectivity index (χ0v) is 15.4. The Hall–Kier alpha value is -3.41. The summed E-state index contributed by atoms with van der Waals surface area (Å²) in [5, 5.41) is 3.14. The number of para-hydroxylation sites is 3. The van der Waals surface area contributed by atoms with E-state index in [1.807, 2.05) is 59.2 Å². The fourth-order valence-corrected chi connectivity index (χ4v) is 4.05. The summed E-state index contributed by atoms with van der Waals surface area (Å²) in [5.41, 5.74) is 10.4. The van der Waals surface area contributed by atoms with Gasteiger partial charge in [0.2, 0.25) is 0 Å². The predicted octanol–water partition coefficient (Wildman–Crippen LogP) is 3.83. The summed E-state index contributed by atoms with van der Waals surface area (Å²) < 4.78 is 1.82. The van der Waals surface area contributed by atoms with Gasteiger partial charge in [0.05, 0.1) is 11.0 Å². The molecule has 3 N–H and O–H groups in total. The minimum atomic E-state index is -0.173. The lowest BCUT2D eigenvalue weighted by Crippen LogP contribution is -2.33. The number of nitrogen functional groups attached to an aromatic ring is 1. The molecule has 0 unspecified atom stereocenters. The number of carbonyl (C=O) groups excluding carboxylic acids is 1. The highest BCUT2D eigenvalue weighted by Crippen LogP contribution is 2.31. The van der Waals surface area contributed by atoms with Gasteiger partial charge in [-0.3, -0.25) is 9.36 Å². The number of benzene rings is 2. The number of aromatic nitrogens is 3. The maximum Gasteiger partial charge on any atom is 0.257 e. The molecule has 2 aromatic heterocycles. The quantitative estimate of drug-likeness (QED) is 0.573. The van der Waals surface area contributed by atoms with E-state index in [9.17, 15) is 4.79 Å². The van der Waals surface area contributed by atoms with Crippen LogP contribution >= 0.6 is 0 Å². The van der Waals surface area contributed by atoms with Crippen LogP contribution in [0, 0.1) is 0 Å². The van der Waals surface area contributed by atoms with E-state index < -0.39 is 0 Å². The molecule has 0 bridgehead atoms. The van der Waals surface area contributed by atoms with Crippen molar-refractivity contribution in [2.45, 2.75) is 31.7 Å². The normalized spacial score (nSPS) is 14.7. The summed E-state index contributed by atoms with van der Waals surface area (Å²) in [7, 11) is 0. The van der Waals surface area contributed by atoms with Gasteiger partial charge in [-0.25, -0.2) is 9.97 Å². The molecule has 1 aliphatic carbocycles. The van der Waals surface area contributed by atoms with E-state index in [0.29, 0.717) is 22.5 Å². The van der Waals surface area contributed by atoms with Crippen molar-refractivity contribution in [3.05, 3.63) is 60.2 Å². The summed E-state index contributed by atoms with van der Waals surface area (Å²) in [5.74, 6) is 0.195. The molecule has 6 heteroatoms. The van der Waals surface area contributed by atoms with Gasteiger partial charge in [0.15, 0.2) is 5.65 Å². The van der Waals surface area contributed by atoms with Crippen LogP contribution in [0.15, 0.2) is 54.6 Å². The van der Waals surface area contributed by atoms with Gasteiger partial charge in [0.1, 0.15) is 16.9 Å². The first-order valence-electron chi connectivity index (χ1n) is 9.65. The van der Waals surface area contributed by atoms with Gasteiger partial charge < -0.3 is 11.1 Å². The summed E-state index contributed by atoms with van der Waals surface area (Å²) in [4.78, 5) is 22.7. The molecule has 0 radical (unpaired) electrons. The topological polar surface area (TPSA) is 85.8 Å². The Balaban J connectivity index is 1.75. The predicted molar refractivity (Wildman–Crippen MR) is 111 cm³/mol. The molecule has 140 valence electrons. The highest BCUT2D eigenvalue weighted by Gasteiger charge is 2.27. The molecule has 1 saturated carbocycles. The van der Waals surface area contributed by atoms with E-state index in [4.69, 9.17) is 15.7 Å². The molecular formula is C22H21N5O. The van der Waals surface area contributed by atoms with Crippen molar-refractivity contribution in [1.82, 2.24) is 19.9 Å². The van der Waals surface area contributed by atoms with Crippen LogP contribution in [-0.2, 0) is 0 Å². The number of nitrogens with two attached hydrogens (primary N) is 1. The minimum absolute atomic E-state index is 0.173. The summed E-state index contributed by atoms with van der Waals surface area (Å²) in [6.07, 6.45) is 4.32. The molecular weight excluding hydrogens is 350 g/mol. The van der Waals surface area contributed by atoms with Crippen LogP contribution < -0.4 is 11.1 Å². The number of nitrogens with zero attached hydrogens (tertiary/aromatic N) is 3. The Morgan fingerprint density at radius 2 is 1.61 bits per heavy atom. The molecule has 1 aliphatic rings. The van der Waals surface area contributed by atoms with Gasteiger partial charge in [-0.1, -0.05) is 43.2 Å². The highest BCUT2D eigenvalue weighted by atomic mass is 16.1. The molecule has 28 heavy (non-hydrogen) atoms. The average molecular weight is 371 g/mol. The third-order valence-corrected chi connectivity index (χ3v) is 5.43. The van der Waals surface area contributed by atoms with Crippen molar-refractivity contribution in [2.24, 2.45) is 0 Å². The fourth-order valence-electron chi connectivity index (χ4n) is 4.05. The Bertz CT molecular complexity index is 1180. The van der Waals surface area contributed by atoms with Gasteiger partial charge >= 0.3 is 0 Å². The number of hydrogen-bond acceptors (Lipinski definition) is 4. The Morgan fingerprint density at radius 3 is 2.32 bits per heavy atom. The molecule has 1 amide bonds. The summed E-state index contributed by atoms with van der Waals surface area (Å²) >= 11 is 0. The van der Waals surface area contributed by atoms with E-state index in [2.05, 4.69) is 5.32 Å². The van der Waals surface area contributed by atoms with E-state index in [0.717, 1.165) is 42.4 Å². The van der Waals surface area contributed by atoms with Crippen molar-refractivity contribution in [2.75, 3.05) is 5.73 Å². The van der Waals surface area contributed by atoms with E-state index >= 15 is 0 Å². The average Bonchev–Trinajstić information content (AvgIpc) is 3.31. The molecule has 1 fully saturated rings. The van der Waals surface area contributed by atoms with E-state index in [1.54, 1.807) is 0 Å². The zero-order valence-electron chi connectivity index (χ0n) is 15.4. The first kappa shape index (κ1) is 16.7. The number of hydrogen-bond donors (Lipinski definition) is 2. The van der Waals surface area contributed by atoms with Crippen molar-refractivity contribution in [3.8, 4) is 5.69 Å². The summed E-state index contributed by atoms with van der Waals surface area (Å²) in [6, 6.07) is 17.6. The molecule has 4 aromatic rings. The van der Waals surface area contributed by atoms with Crippen LogP contribution in [-0.4, -0.2) is 26.5 Å². The smallest absolute Gasteiger partial charge is 0.257 e. The van der Waals surface area contributed by atoms with Crippen molar-refractivity contribution < 1.29 is 4.79 Å². The van der Waals surface area contributed by atoms with Crippen molar-refractivity contribution in [3.63, 3.8) is 0 Å². The second-order valence-electron chi connectivity index (χ2n) is 7.27. The number of anilines is 1. The number of carbonyl (C=O) groups is 1. The Kier molecular flexibility index (Phi) is 3.97. The lowest BCUT2D eigenvalue weighted by atomic mass is 10.2. The van der Waals surface area contributed by atoms with Crippen LogP contribution in [0.1, 0.15) is 36.0 Å². The molecule has 2 aromatic carbocycles. The van der Waals surface area contributed by atoms with Crippen LogP contribution in [0.25, 0.3) is 27.9 Å². The SMILES string of the molecule is Nc1c(C(=O)NC2CCCC2)c2nc3ccccc3nc2n1-c1ccccc1. The highest BCUT2D eigenvalue weighted by molar-refractivity contribution is 6.11. The second-order valence-corrected chi connectivity index (χ2v) is 7.27. The largest absolute Gasteiger partial charge is 0.384 e. The Labute approximate surface area is 162 Å². The number of rotatable bonds is 3. The third kappa shape index (κ3) is 2.69. The van der Waals surface area contributed by atoms with E-state index in [-0.39, 0.29) is 11.9 Å². The van der Waals surface area contributed by atoms with Gasteiger partial charge in [-0.15, -0.1) is 0 Å². The Morgan fingerprint density at radius 1 is 0.964 bits per heavy atom. The maximum atomic E-state index is 13.1. The lowest BCUT2D eigenvalue weighted by molar-refractivity contribution is 0.0940. The molecule has 0 aliphatic heterocycles. The van der Waals surface area contributed by atoms with Gasteiger partial charge in [0, 0.05) is 11.7 Å². The van der Waals surface area contributed by atoms with Gasteiger partial charge in [-0.2, -0.15) is 0 Å². The molecule has 2 heterocycles. The van der Waals surface area contributed by atoms with Crippen LogP contribution in [0.3, 0.4) is 0 Å². The first-order valence-corrected chi connectivity index (χ1v) is 9.65. The van der Waals surface area contributed by atoms with Crippen molar-refractivity contribution in [1.29, 1.82) is 0 Å². The minimum Gasteiger partial charge on any atom is -0.384 e. The number of nitrogens with one attached hydrogen (secondary N) is 1. The van der Waals surface area contributed by atoms with Crippen LogP contribution in [0.4, 0.5) is 5.82 Å². The first-order chi connectivity index (χ1) is 13.7. The maximum absolute atomic E-state index is 13.1. The van der Waals surface area contributed by atoms with Gasteiger partial charge in [0.25, 0.3) is 5.91 Å². The molecule has 0 saturated heterocycles. The zero-order chi connectivity index (χ0) is 19.1. The van der Waals surface area contributed by atoms with E-state index in [1.165, 1.54) is 0 Å².